The number of methoxy groups -OCH3 is 1. The summed E-state index contributed by atoms with van der Waals surface area (Å²) in [4.78, 5) is 16.9. The fourth-order valence-corrected chi connectivity index (χ4v) is 4.67. The van der Waals surface area contributed by atoms with Crippen LogP contribution in [0.1, 0.15) is 5.56 Å². The highest BCUT2D eigenvalue weighted by atomic mass is 32.2. The van der Waals surface area contributed by atoms with Crippen molar-refractivity contribution in [2.24, 2.45) is 0 Å². The number of ether oxygens (including phenoxy) is 3. The summed E-state index contributed by atoms with van der Waals surface area (Å²) >= 11 is 0. The van der Waals surface area contributed by atoms with Gasteiger partial charge in [0.15, 0.2) is 11.5 Å². The molecule has 0 N–H and O–H groups in total. The molecule has 2 aliphatic rings. The van der Waals surface area contributed by atoms with Crippen molar-refractivity contribution in [1.82, 2.24) is 9.80 Å². The largest absolute Gasteiger partial charge is 0.497 e. The van der Waals surface area contributed by atoms with E-state index < -0.39 is 10.0 Å². The first kappa shape index (κ1) is 22.2. The molecule has 2 aromatic carbocycles. The average Bonchev–Trinajstić information content (AvgIpc) is 3.25. The first-order valence-corrected chi connectivity index (χ1v) is 12.2. The van der Waals surface area contributed by atoms with E-state index in [4.69, 9.17) is 14.2 Å². The molecule has 2 heterocycles. The Kier molecular flexibility index (Phi) is 6.43. The highest BCUT2D eigenvalue weighted by molar-refractivity contribution is 7.92. The van der Waals surface area contributed by atoms with Crippen LogP contribution in [0.25, 0.3) is 0 Å². The van der Waals surface area contributed by atoms with Gasteiger partial charge in [-0.2, -0.15) is 0 Å². The van der Waals surface area contributed by atoms with E-state index in [1.54, 1.807) is 36.3 Å². The number of hydrogen-bond acceptors (Lipinski definition) is 7. The summed E-state index contributed by atoms with van der Waals surface area (Å²) < 4.78 is 41.7. The second-order valence-electron chi connectivity index (χ2n) is 7.81. The summed E-state index contributed by atoms with van der Waals surface area (Å²) in [5.74, 6) is 1.92. The third kappa shape index (κ3) is 5.08. The van der Waals surface area contributed by atoms with Crippen molar-refractivity contribution < 1.29 is 27.4 Å². The van der Waals surface area contributed by atoms with E-state index >= 15 is 0 Å². The lowest BCUT2D eigenvalue weighted by Crippen LogP contribution is -2.51. The Morgan fingerprint density at radius 1 is 1.03 bits per heavy atom. The van der Waals surface area contributed by atoms with Gasteiger partial charge in [-0.3, -0.25) is 14.0 Å². The van der Waals surface area contributed by atoms with E-state index in [2.05, 4.69) is 4.90 Å². The molecule has 0 unspecified atom stereocenters. The van der Waals surface area contributed by atoms with Crippen LogP contribution < -0.4 is 18.5 Å². The highest BCUT2D eigenvalue weighted by Gasteiger charge is 2.27. The fraction of sp³-hybridized carbons (Fsp3) is 0.409. The molecule has 0 radical (unpaired) electrons. The van der Waals surface area contributed by atoms with Gasteiger partial charge in [-0.15, -0.1) is 0 Å². The van der Waals surface area contributed by atoms with Crippen LogP contribution in [0.15, 0.2) is 42.5 Å². The van der Waals surface area contributed by atoms with Gasteiger partial charge < -0.3 is 19.1 Å². The molecule has 1 fully saturated rings. The number of fused-ring (bicyclic) bond motifs is 1. The van der Waals surface area contributed by atoms with Crippen molar-refractivity contribution in [3.8, 4) is 17.2 Å². The standard InChI is InChI=1S/C22H27N3O6S/c1-29-19-6-4-18(5-7-19)25(32(2,27)28)15-22(26)24-11-9-23(10-12-24)14-17-3-8-20-21(13-17)31-16-30-20/h3-8,13H,9-12,14-16H2,1-2H3. The molecule has 0 aliphatic carbocycles. The van der Waals surface area contributed by atoms with E-state index in [0.717, 1.165) is 34.2 Å². The normalized spacial score (nSPS) is 16.1. The maximum Gasteiger partial charge on any atom is 0.243 e. The molecule has 0 bridgehead atoms. The second-order valence-corrected chi connectivity index (χ2v) is 9.72. The minimum absolute atomic E-state index is 0.214. The van der Waals surface area contributed by atoms with Crippen molar-refractivity contribution in [3.05, 3.63) is 48.0 Å². The fourth-order valence-electron chi connectivity index (χ4n) is 3.82. The number of amides is 1. The summed E-state index contributed by atoms with van der Waals surface area (Å²) in [7, 11) is -2.07. The first-order valence-electron chi connectivity index (χ1n) is 10.3. The van der Waals surface area contributed by atoms with Crippen molar-refractivity contribution >= 4 is 21.6 Å². The number of hydrogen-bond donors (Lipinski definition) is 0. The van der Waals surface area contributed by atoms with Gasteiger partial charge in [0, 0.05) is 32.7 Å². The smallest absolute Gasteiger partial charge is 0.243 e. The molecule has 9 nitrogen and oxygen atoms in total. The molecule has 10 heteroatoms. The van der Waals surface area contributed by atoms with Gasteiger partial charge >= 0.3 is 0 Å². The number of rotatable bonds is 7. The summed E-state index contributed by atoms with van der Waals surface area (Å²) in [6, 6.07) is 12.5. The summed E-state index contributed by atoms with van der Waals surface area (Å²) in [5, 5.41) is 0. The molecule has 0 saturated carbocycles. The van der Waals surface area contributed by atoms with Crippen LogP contribution >= 0.6 is 0 Å². The SMILES string of the molecule is COc1ccc(N(CC(=O)N2CCN(Cc3ccc4c(c3)OCO4)CC2)S(C)(=O)=O)cc1. The summed E-state index contributed by atoms with van der Waals surface area (Å²) in [5.41, 5.74) is 1.56. The van der Waals surface area contributed by atoms with Crippen LogP contribution in [0, 0.1) is 0 Å². The van der Waals surface area contributed by atoms with Crippen LogP contribution in [-0.2, 0) is 21.4 Å². The molecule has 0 atom stereocenters. The predicted octanol–water partition coefficient (Wildman–Crippen LogP) is 1.53. The highest BCUT2D eigenvalue weighted by Crippen LogP contribution is 2.33. The number of piperazine rings is 1. The number of benzene rings is 2. The van der Waals surface area contributed by atoms with Crippen molar-refractivity contribution in [3.63, 3.8) is 0 Å². The molecular formula is C22H27N3O6S. The van der Waals surface area contributed by atoms with Crippen LogP contribution in [0.5, 0.6) is 17.2 Å². The van der Waals surface area contributed by atoms with Gasteiger partial charge in [-0.1, -0.05) is 6.07 Å². The zero-order chi connectivity index (χ0) is 22.7. The Labute approximate surface area is 188 Å². The van der Waals surface area contributed by atoms with Gasteiger partial charge in [0.25, 0.3) is 0 Å². The van der Waals surface area contributed by atoms with E-state index in [1.165, 1.54) is 0 Å². The molecule has 0 aromatic heterocycles. The van der Waals surface area contributed by atoms with Gasteiger partial charge in [0.05, 0.1) is 19.1 Å². The Hall–Kier alpha value is -2.98. The van der Waals surface area contributed by atoms with E-state index in [1.807, 2.05) is 18.2 Å². The van der Waals surface area contributed by atoms with E-state index in [0.29, 0.717) is 37.6 Å². The maximum absolute atomic E-state index is 12.9. The van der Waals surface area contributed by atoms with Crippen LogP contribution in [-0.4, -0.2) is 77.0 Å². The Balaban J connectivity index is 1.34. The van der Waals surface area contributed by atoms with Crippen LogP contribution in [0.3, 0.4) is 0 Å². The first-order chi connectivity index (χ1) is 15.3. The molecule has 0 spiro atoms. The average molecular weight is 462 g/mol. The van der Waals surface area contributed by atoms with E-state index in [-0.39, 0.29) is 19.2 Å². The van der Waals surface area contributed by atoms with E-state index in [9.17, 15) is 13.2 Å². The van der Waals surface area contributed by atoms with Crippen LogP contribution in [0.4, 0.5) is 5.69 Å². The molecule has 2 aliphatic heterocycles. The monoisotopic (exact) mass is 461 g/mol. The lowest BCUT2D eigenvalue weighted by atomic mass is 10.1. The molecule has 172 valence electrons. The molecule has 1 saturated heterocycles. The Bertz CT molecular complexity index is 1070. The molecule has 1 amide bonds. The molecule has 4 rings (SSSR count). The van der Waals surface area contributed by atoms with Crippen molar-refractivity contribution in [2.45, 2.75) is 6.54 Å². The second kappa shape index (κ2) is 9.25. The van der Waals surface area contributed by atoms with Gasteiger partial charge in [0.1, 0.15) is 12.3 Å². The third-order valence-corrected chi connectivity index (χ3v) is 6.75. The predicted molar refractivity (Wildman–Crippen MR) is 120 cm³/mol. The topological polar surface area (TPSA) is 88.6 Å². The van der Waals surface area contributed by atoms with Gasteiger partial charge in [-0.05, 0) is 42.0 Å². The minimum Gasteiger partial charge on any atom is -0.497 e. The van der Waals surface area contributed by atoms with Gasteiger partial charge in [0.2, 0.25) is 22.7 Å². The number of carbonyl (C=O) groups is 1. The minimum atomic E-state index is -3.62. The van der Waals surface area contributed by atoms with Crippen molar-refractivity contribution in [2.75, 3.05) is 57.2 Å². The Morgan fingerprint density at radius 3 is 2.38 bits per heavy atom. The molecule has 32 heavy (non-hydrogen) atoms. The van der Waals surface area contributed by atoms with Crippen LogP contribution in [0.2, 0.25) is 0 Å². The zero-order valence-electron chi connectivity index (χ0n) is 18.2. The number of anilines is 1. The molecule has 2 aromatic rings. The Morgan fingerprint density at radius 2 is 1.72 bits per heavy atom. The molecular weight excluding hydrogens is 434 g/mol. The lowest BCUT2D eigenvalue weighted by Gasteiger charge is -2.35. The van der Waals surface area contributed by atoms with Crippen molar-refractivity contribution in [1.29, 1.82) is 0 Å². The quantitative estimate of drug-likeness (QED) is 0.618. The number of sulfonamides is 1. The maximum atomic E-state index is 12.9. The lowest BCUT2D eigenvalue weighted by molar-refractivity contribution is -0.131. The summed E-state index contributed by atoms with van der Waals surface area (Å²) in [6.45, 7) is 3.28. The van der Waals surface area contributed by atoms with Gasteiger partial charge in [-0.25, -0.2) is 8.42 Å². The number of carbonyl (C=O) groups excluding carboxylic acids is 1. The zero-order valence-corrected chi connectivity index (χ0v) is 19.0. The third-order valence-electron chi connectivity index (χ3n) is 5.61. The number of nitrogens with zero attached hydrogens (tertiary/aromatic N) is 3. The summed E-state index contributed by atoms with van der Waals surface area (Å²) in [6.07, 6.45) is 1.10.